The third-order valence-corrected chi connectivity index (χ3v) is 6.70. The molecule has 146 valence electrons. The average molecular weight is 386 g/mol. The number of carbonyl (C=O) groups is 1. The van der Waals surface area contributed by atoms with E-state index in [1.165, 1.54) is 31.2 Å². The molecule has 0 unspecified atom stereocenters. The van der Waals surface area contributed by atoms with Gasteiger partial charge in [0.25, 0.3) is 0 Å². The van der Waals surface area contributed by atoms with Crippen LogP contribution in [0.15, 0.2) is 29.6 Å². The maximum Gasteiger partial charge on any atom is 0.226 e. The molecular formula is C22H31N3OS. The van der Waals surface area contributed by atoms with Crippen molar-refractivity contribution in [2.75, 3.05) is 20.6 Å². The first kappa shape index (κ1) is 20.0. The Kier molecular flexibility index (Phi) is 6.66. The van der Waals surface area contributed by atoms with Crippen LogP contribution in [0.5, 0.6) is 0 Å². The van der Waals surface area contributed by atoms with Gasteiger partial charge in [0.2, 0.25) is 5.91 Å². The number of nitrogens with zero attached hydrogens (tertiary/aromatic N) is 2. The van der Waals surface area contributed by atoms with Crippen LogP contribution < -0.4 is 5.32 Å². The van der Waals surface area contributed by atoms with Crippen LogP contribution in [-0.4, -0.2) is 42.0 Å². The summed E-state index contributed by atoms with van der Waals surface area (Å²) in [5.74, 6) is 0.0709. The van der Waals surface area contributed by atoms with E-state index in [1.54, 1.807) is 11.3 Å². The molecule has 0 saturated heterocycles. The van der Waals surface area contributed by atoms with Gasteiger partial charge in [-0.1, -0.05) is 49.4 Å². The van der Waals surface area contributed by atoms with Gasteiger partial charge in [-0.25, -0.2) is 4.98 Å². The number of aryl methyl sites for hydroxylation is 1. The van der Waals surface area contributed by atoms with Crippen molar-refractivity contribution >= 4 is 17.2 Å². The number of rotatable bonds is 6. The van der Waals surface area contributed by atoms with Gasteiger partial charge in [-0.3, -0.25) is 4.79 Å². The van der Waals surface area contributed by atoms with Gasteiger partial charge in [0.15, 0.2) is 0 Å². The lowest BCUT2D eigenvalue weighted by molar-refractivity contribution is -0.121. The standard InChI is InChI=1S/C22H31N3OS/c1-17-9-8-10-18(13-17)21-24-19(15-27-21)14-20(26)23-16-22(25(2)3)11-6-4-5-7-12-22/h8-10,13,15H,4-7,11-12,14,16H2,1-3H3,(H,23,26). The predicted molar refractivity (Wildman–Crippen MR) is 113 cm³/mol. The van der Waals surface area contributed by atoms with Gasteiger partial charge in [-0.05, 0) is 39.9 Å². The van der Waals surface area contributed by atoms with E-state index in [9.17, 15) is 4.79 Å². The molecule has 1 N–H and O–H groups in total. The molecule has 0 atom stereocenters. The molecule has 1 fully saturated rings. The molecule has 5 heteroatoms. The summed E-state index contributed by atoms with van der Waals surface area (Å²) in [6.45, 7) is 2.81. The Hall–Kier alpha value is -1.72. The number of nitrogens with one attached hydrogen (secondary N) is 1. The van der Waals surface area contributed by atoms with E-state index in [2.05, 4.69) is 54.4 Å². The zero-order chi connectivity index (χ0) is 19.3. The average Bonchev–Trinajstić information content (AvgIpc) is 2.96. The zero-order valence-electron chi connectivity index (χ0n) is 16.8. The Labute approximate surface area is 167 Å². The summed E-state index contributed by atoms with van der Waals surface area (Å²) in [7, 11) is 4.29. The Balaban J connectivity index is 1.59. The van der Waals surface area contributed by atoms with Crippen LogP contribution in [0, 0.1) is 6.92 Å². The van der Waals surface area contributed by atoms with Gasteiger partial charge in [0, 0.05) is 23.0 Å². The fourth-order valence-corrected chi connectivity index (χ4v) is 4.77. The second kappa shape index (κ2) is 8.98. The van der Waals surface area contributed by atoms with E-state index in [0.717, 1.165) is 35.7 Å². The summed E-state index contributed by atoms with van der Waals surface area (Å²) in [6.07, 6.45) is 7.79. The third-order valence-electron chi connectivity index (χ3n) is 5.76. The van der Waals surface area contributed by atoms with Gasteiger partial charge in [-0.15, -0.1) is 11.3 Å². The second-order valence-corrected chi connectivity index (χ2v) is 8.86. The van der Waals surface area contributed by atoms with E-state index in [-0.39, 0.29) is 11.4 Å². The molecule has 1 saturated carbocycles. The predicted octanol–water partition coefficient (Wildman–Crippen LogP) is 4.43. The highest BCUT2D eigenvalue weighted by molar-refractivity contribution is 7.13. The van der Waals surface area contributed by atoms with Crippen LogP contribution in [0.3, 0.4) is 0 Å². The van der Waals surface area contributed by atoms with Gasteiger partial charge in [0.05, 0.1) is 12.1 Å². The lowest BCUT2D eigenvalue weighted by Crippen LogP contribution is -2.52. The van der Waals surface area contributed by atoms with Crippen molar-refractivity contribution in [1.29, 1.82) is 0 Å². The highest BCUT2D eigenvalue weighted by Gasteiger charge is 2.33. The molecule has 1 aromatic heterocycles. The van der Waals surface area contributed by atoms with Crippen LogP contribution in [0.4, 0.5) is 0 Å². The number of benzene rings is 1. The molecule has 1 aliphatic carbocycles. The summed E-state index contributed by atoms with van der Waals surface area (Å²) in [5.41, 5.74) is 3.30. The largest absolute Gasteiger partial charge is 0.354 e. The highest BCUT2D eigenvalue weighted by atomic mass is 32.1. The van der Waals surface area contributed by atoms with Gasteiger partial charge < -0.3 is 10.2 Å². The molecule has 27 heavy (non-hydrogen) atoms. The first-order chi connectivity index (χ1) is 13.0. The maximum atomic E-state index is 12.5. The van der Waals surface area contributed by atoms with Crippen molar-refractivity contribution in [2.24, 2.45) is 0 Å². The van der Waals surface area contributed by atoms with E-state index in [4.69, 9.17) is 0 Å². The van der Waals surface area contributed by atoms with Crippen LogP contribution >= 0.6 is 11.3 Å². The monoisotopic (exact) mass is 385 g/mol. The Morgan fingerprint density at radius 3 is 2.63 bits per heavy atom. The highest BCUT2D eigenvalue weighted by Crippen LogP contribution is 2.30. The number of thiazole rings is 1. The normalized spacial score (nSPS) is 16.9. The zero-order valence-corrected chi connectivity index (χ0v) is 17.6. The number of aromatic nitrogens is 1. The fourth-order valence-electron chi connectivity index (χ4n) is 3.96. The van der Waals surface area contributed by atoms with E-state index >= 15 is 0 Å². The summed E-state index contributed by atoms with van der Waals surface area (Å²) < 4.78 is 0. The molecule has 1 amide bonds. The first-order valence-corrected chi connectivity index (χ1v) is 10.8. The summed E-state index contributed by atoms with van der Waals surface area (Å²) in [5, 5.41) is 6.18. The van der Waals surface area contributed by atoms with Crippen molar-refractivity contribution in [3.05, 3.63) is 40.9 Å². The minimum absolute atomic E-state index is 0.0709. The van der Waals surface area contributed by atoms with Crippen molar-refractivity contribution in [1.82, 2.24) is 15.2 Å². The van der Waals surface area contributed by atoms with E-state index in [1.807, 2.05) is 11.4 Å². The molecular weight excluding hydrogens is 354 g/mol. The quantitative estimate of drug-likeness (QED) is 0.748. The molecule has 2 aromatic rings. The van der Waals surface area contributed by atoms with Crippen LogP contribution in [-0.2, 0) is 11.2 Å². The summed E-state index contributed by atoms with van der Waals surface area (Å²) in [6, 6.07) is 8.34. The van der Waals surface area contributed by atoms with Crippen LogP contribution in [0.2, 0.25) is 0 Å². The number of hydrogen-bond donors (Lipinski definition) is 1. The van der Waals surface area contributed by atoms with E-state index in [0.29, 0.717) is 6.42 Å². The molecule has 4 nitrogen and oxygen atoms in total. The number of likely N-dealkylation sites (N-methyl/N-ethyl adjacent to an activating group) is 1. The molecule has 0 spiro atoms. The van der Waals surface area contributed by atoms with Crippen molar-refractivity contribution in [3.63, 3.8) is 0 Å². The van der Waals surface area contributed by atoms with E-state index < -0.39 is 0 Å². The van der Waals surface area contributed by atoms with Crippen molar-refractivity contribution in [2.45, 2.75) is 57.4 Å². The van der Waals surface area contributed by atoms with Gasteiger partial charge >= 0.3 is 0 Å². The topological polar surface area (TPSA) is 45.2 Å². The SMILES string of the molecule is Cc1cccc(-c2nc(CC(=O)NCC3(N(C)C)CCCCCC3)cs2)c1. The minimum atomic E-state index is 0.0709. The molecule has 0 bridgehead atoms. The van der Waals surface area contributed by atoms with Crippen molar-refractivity contribution in [3.8, 4) is 10.6 Å². The Morgan fingerprint density at radius 2 is 1.96 bits per heavy atom. The lowest BCUT2D eigenvalue weighted by atomic mass is 9.88. The second-order valence-electron chi connectivity index (χ2n) is 8.00. The fraction of sp³-hybridized carbons (Fsp3) is 0.545. The molecule has 1 heterocycles. The molecule has 0 aliphatic heterocycles. The molecule has 0 radical (unpaired) electrons. The molecule has 1 aromatic carbocycles. The summed E-state index contributed by atoms with van der Waals surface area (Å²) >= 11 is 1.61. The lowest BCUT2D eigenvalue weighted by Gasteiger charge is -2.39. The molecule has 3 rings (SSSR count). The maximum absolute atomic E-state index is 12.5. The number of amides is 1. The minimum Gasteiger partial charge on any atom is -0.354 e. The smallest absolute Gasteiger partial charge is 0.226 e. The Morgan fingerprint density at radius 1 is 1.22 bits per heavy atom. The first-order valence-electron chi connectivity index (χ1n) is 9.94. The van der Waals surface area contributed by atoms with Gasteiger partial charge in [0.1, 0.15) is 5.01 Å². The van der Waals surface area contributed by atoms with Crippen molar-refractivity contribution < 1.29 is 4.79 Å². The van der Waals surface area contributed by atoms with Gasteiger partial charge in [-0.2, -0.15) is 0 Å². The Bertz CT molecular complexity index is 760. The van der Waals surface area contributed by atoms with Crippen LogP contribution in [0.25, 0.3) is 10.6 Å². The van der Waals surface area contributed by atoms with Crippen LogP contribution in [0.1, 0.15) is 49.8 Å². The molecule has 1 aliphatic rings. The number of carbonyl (C=O) groups excluding carboxylic acids is 1. The number of hydrogen-bond acceptors (Lipinski definition) is 4. The third kappa shape index (κ3) is 5.17. The summed E-state index contributed by atoms with van der Waals surface area (Å²) in [4.78, 5) is 19.5.